The van der Waals surface area contributed by atoms with Crippen LogP contribution in [0.3, 0.4) is 0 Å². The molecule has 0 saturated carbocycles. The number of aliphatic hydroxyl groups excluding tert-OH is 4. The molecule has 0 aromatic heterocycles. The Balaban J connectivity index is 2.52. The minimum absolute atomic E-state index is 0.0666. The van der Waals surface area contributed by atoms with Gasteiger partial charge in [-0.05, 0) is 12.8 Å². The highest BCUT2D eigenvalue weighted by Crippen LogP contribution is 2.22. The van der Waals surface area contributed by atoms with E-state index in [1.165, 1.54) is 59.0 Å². The lowest BCUT2D eigenvalue weighted by Gasteiger charge is -2.40. The van der Waals surface area contributed by atoms with Gasteiger partial charge in [-0.25, -0.2) is 0 Å². The van der Waals surface area contributed by atoms with Gasteiger partial charge in [-0.1, -0.05) is 64.0 Å². The van der Waals surface area contributed by atoms with Crippen molar-refractivity contribution in [2.24, 2.45) is 0 Å². The summed E-state index contributed by atoms with van der Waals surface area (Å²) in [6.07, 6.45) is 7.57. The first-order valence-corrected chi connectivity index (χ1v) is 12.2. The summed E-state index contributed by atoms with van der Waals surface area (Å²) >= 11 is 0. The summed E-state index contributed by atoms with van der Waals surface area (Å²) < 4.78 is 16.5. The lowest BCUT2D eigenvalue weighted by molar-refractivity contribution is -0.302. The maximum Gasteiger partial charge on any atom is 0.217 e. The van der Waals surface area contributed by atoms with Gasteiger partial charge < -0.3 is 40.0 Å². The largest absolute Gasteiger partial charge is 0.394 e. The monoisotopic (exact) mass is 475 g/mol. The summed E-state index contributed by atoms with van der Waals surface area (Å²) in [6, 6.07) is -0.560. The molecule has 1 rings (SSSR count). The van der Waals surface area contributed by atoms with Crippen molar-refractivity contribution in [1.29, 1.82) is 0 Å². The number of rotatable bonds is 17. The normalized spacial score (nSPS) is 27.5. The van der Waals surface area contributed by atoms with Crippen molar-refractivity contribution in [1.82, 2.24) is 5.32 Å². The van der Waals surface area contributed by atoms with E-state index in [0.29, 0.717) is 0 Å². The van der Waals surface area contributed by atoms with Crippen LogP contribution in [0.25, 0.3) is 0 Å². The Hall–Kier alpha value is -1.07. The molecule has 0 bridgehead atoms. The summed E-state index contributed by atoms with van der Waals surface area (Å²) in [6.45, 7) is 3.00. The third kappa shape index (κ3) is 11.3. The number of carbonyl (C=O) groups is 1. The molecular formula is C24H45NO8. The SMILES string of the molecule is CCCCCCCCCC/C=C/[C@H](OC)[C@H](CO[C@@H]1OC(CO)[C@@H](O)C(O)[C@@H]1O)NC(C)=O. The number of hydrogen-bond acceptors (Lipinski definition) is 8. The molecule has 1 fully saturated rings. The van der Waals surface area contributed by atoms with Gasteiger partial charge in [-0.2, -0.15) is 0 Å². The molecule has 0 radical (unpaired) electrons. The highest BCUT2D eigenvalue weighted by atomic mass is 16.7. The zero-order valence-corrected chi connectivity index (χ0v) is 20.4. The molecule has 0 spiro atoms. The van der Waals surface area contributed by atoms with E-state index in [-0.39, 0.29) is 12.5 Å². The molecule has 7 atom stereocenters. The number of ether oxygens (including phenoxy) is 3. The molecular weight excluding hydrogens is 430 g/mol. The van der Waals surface area contributed by atoms with E-state index in [0.717, 1.165) is 12.8 Å². The minimum Gasteiger partial charge on any atom is -0.394 e. The van der Waals surface area contributed by atoms with Crippen molar-refractivity contribution in [2.45, 2.75) is 114 Å². The van der Waals surface area contributed by atoms with E-state index >= 15 is 0 Å². The fraction of sp³-hybridized carbons (Fsp3) is 0.875. The second-order valence-corrected chi connectivity index (χ2v) is 8.73. The Kier molecular flexibility index (Phi) is 15.8. The van der Waals surface area contributed by atoms with E-state index in [9.17, 15) is 25.2 Å². The van der Waals surface area contributed by atoms with Crippen LogP contribution >= 0.6 is 0 Å². The molecule has 1 amide bonds. The number of methoxy groups -OCH3 is 1. The van der Waals surface area contributed by atoms with Gasteiger partial charge in [0, 0.05) is 14.0 Å². The van der Waals surface area contributed by atoms with Crippen molar-refractivity contribution in [2.75, 3.05) is 20.3 Å². The van der Waals surface area contributed by atoms with Crippen molar-refractivity contribution in [3.05, 3.63) is 12.2 Å². The van der Waals surface area contributed by atoms with E-state index in [2.05, 4.69) is 12.2 Å². The zero-order valence-electron chi connectivity index (χ0n) is 20.4. The highest BCUT2D eigenvalue weighted by molar-refractivity contribution is 5.73. The first kappa shape index (κ1) is 30.0. The van der Waals surface area contributed by atoms with Gasteiger partial charge in [0.05, 0.1) is 25.4 Å². The van der Waals surface area contributed by atoms with Crippen molar-refractivity contribution in [3.8, 4) is 0 Å². The van der Waals surface area contributed by atoms with Crippen molar-refractivity contribution < 1.29 is 39.4 Å². The molecule has 33 heavy (non-hydrogen) atoms. The van der Waals surface area contributed by atoms with Gasteiger partial charge in [0.25, 0.3) is 0 Å². The average molecular weight is 476 g/mol. The van der Waals surface area contributed by atoms with Crippen LogP contribution in [0.2, 0.25) is 0 Å². The lowest BCUT2D eigenvalue weighted by Crippen LogP contribution is -2.60. The van der Waals surface area contributed by atoms with Gasteiger partial charge in [-0.3, -0.25) is 4.79 Å². The van der Waals surface area contributed by atoms with E-state index < -0.39 is 49.5 Å². The number of carbonyl (C=O) groups excluding carboxylic acids is 1. The quantitative estimate of drug-likeness (QED) is 0.157. The Bertz CT molecular complexity index is 545. The van der Waals surface area contributed by atoms with Gasteiger partial charge in [-0.15, -0.1) is 0 Å². The molecule has 2 unspecified atom stereocenters. The molecule has 5 N–H and O–H groups in total. The van der Waals surface area contributed by atoms with Gasteiger partial charge >= 0.3 is 0 Å². The van der Waals surface area contributed by atoms with Crippen LogP contribution in [0.1, 0.15) is 71.6 Å². The number of allylic oxidation sites excluding steroid dienone is 1. The zero-order chi connectivity index (χ0) is 24.6. The van der Waals surface area contributed by atoms with Crippen LogP contribution in [-0.4, -0.2) is 89.5 Å². The maximum atomic E-state index is 11.7. The molecule has 0 aromatic carbocycles. The number of unbranched alkanes of at least 4 members (excludes halogenated alkanes) is 8. The standard InChI is InChI=1S/C24H45NO8/c1-4-5-6-7-8-9-10-11-12-13-14-19(31-3)18(25-17(2)27)16-32-24-23(30)22(29)21(28)20(15-26)33-24/h13-14,18-24,26,28-30H,4-12,15-16H2,1-3H3,(H,25,27)/b14-13+/t18-,19-,20?,21+,22?,23-,24+/m0/s1. The fourth-order valence-electron chi connectivity index (χ4n) is 3.89. The van der Waals surface area contributed by atoms with E-state index in [1.54, 1.807) is 0 Å². The van der Waals surface area contributed by atoms with E-state index in [4.69, 9.17) is 14.2 Å². The Morgan fingerprint density at radius 1 is 1.03 bits per heavy atom. The number of nitrogens with one attached hydrogen (secondary N) is 1. The molecule has 9 heteroatoms. The van der Waals surface area contributed by atoms with Crippen LogP contribution in [0.4, 0.5) is 0 Å². The molecule has 1 aliphatic rings. The lowest BCUT2D eigenvalue weighted by atomic mass is 9.99. The van der Waals surface area contributed by atoms with Gasteiger partial charge in [0.1, 0.15) is 24.4 Å². The molecule has 0 aliphatic carbocycles. The van der Waals surface area contributed by atoms with Crippen LogP contribution in [-0.2, 0) is 19.0 Å². The molecule has 9 nitrogen and oxygen atoms in total. The summed E-state index contributed by atoms with van der Waals surface area (Å²) in [5, 5.41) is 42.0. The number of hydrogen-bond donors (Lipinski definition) is 5. The third-order valence-electron chi connectivity index (χ3n) is 5.90. The van der Waals surface area contributed by atoms with Gasteiger partial charge in [0.2, 0.25) is 5.91 Å². The van der Waals surface area contributed by atoms with Crippen LogP contribution in [0.5, 0.6) is 0 Å². The Morgan fingerprint density at radius 3 is 2.24 bits per heavy atom. The number of aliphatic hydroxyl groups is 4. The summed E-state index contributed by atoms with van der Waals surface area (Å²) in [5.74, 6) is -0.268. The van der Waals surface area contributed by atoms with E-state index in [1.807, 2.05) is 12.2 Å². The van der Waals surface area contributed by atoms with Crippen LogP contribution in [0, 0.1) is 0 Å². The predicted octanol–water partition coefficient (Wildman–Crippen LogP) is 1.41. The smallest absolute Gasteiger partial charge is 0.217 e. The summed E-state index contributed by atoms with van der Waals surface area (Å²) in [5.41, 5.74) is 0. The summed E-state index contributed by atoms with van der Waals surface area (Å²) in [7, 11) is 1.54. The maximum absolute atomic E-state index is 11.7. The third-order valence-corrected chi connectivity index (χ3v) is 5.90. The van der Waals surface area contributed by atoms with Crippen molar-refractivity contribution >= 4 is 5.91 Å². The van der Waals surface area contributed by atoms with Crippen molar-refractivity contribution in [3.63, 3.8) is 0 Å². The summed E-state index contributed by atoms with van der Waals surface area (Å²) in [4.78, 5) is 11.7. The minimum atomic E-state index is -1.52. The fourth-order valence-corrected chi connectivity index (χ4v) is 3.89. The first-order valence-electron chi connectivity index (χ1n) is 12.2. The molecule has 0 aromatic rings. The Labute approximate surface area is 198 Å². The van der Waals surface area contributed by atoms with Crippen LogP contribution < -0.4 is 5.32 Å². The first-order chi connectivity index (χ1) is 15.8. The average Bonchev–Trinajstić information content (AvgIpc) is 2.80. The highest BCUT2D eigenvalue weighted by Gasteiger charge is 2.44. The molecule has 1 aliphatic heterocycles. The topological polar surface area (TPSA) is 138 Å². The number of amides is 1. The molecule has 1 saturated heterocycles. The molecule has 194 valence electrons. The van der Waals surface area contributed by atoms with Crippen LogP contribution in [0.15, 0.2) is 12.2 Å². The molecule has 1 heterocycles. The second-order valence-electron chi connectivity index (χ2n) is 8.73. The predicted molar refractivity (Wildman–Crippen MR) is 124 cm³/mol. The van der Waals surface area contributed by atoms with Gasteiger partial charge in [0.15, 0.2) is 6.29 Å². The second kappa shape index (κ2) is 17.4. The Morgan fingerprint density at radius 2 is 1.67 bits per heavy atom.